The van der Waals surface area contributed by atoms with Gasteiger partial charge in [0.15, 0.2) is 0 Å². The number of anilines is 2. The van der Waals surface area contributed by atoms with Gasteiger partial charge in [0.05, 0.1) is 17.7 Å². The van der Waals surface area contributed by atoms with E-state index in [1.54, 1.807) is 54.5 Å². The van der Waals surface area contributed by atoms with Gasteiger partial charge in [-0.3, -0.25) is 4.90 Å². The fourth-order valence-electron chi connectivity index (χ4n) is 3.78. The second-order valence-electron chi connectivity index (χ2n) is 7.68. The molecule has 1 aliphatic heterocycles. The van der Waals surface area contributed by atoms with Crippen molar-refractivity contribution in [3.63, 3.8) is 0 Å². The molecular weight excluding hydrogens is 426 g/mol. The number of carbonyl (C=O) groups is 1. The highest BCUT2D eigenvalue weighted by molar-refractivity contribution is 7.89. The number of nitrogens with one attached hydrogen (secondary N) is 2. The molecule has 0 fully saturated rings. The largest absolute Gasteiger partial charge is 0.497 e. The number of methoxy groups -OCH3 is 1. The lowest BCUT2D eigenvalue weighted by atomic mass is 10.1. The van der Waals surface area contributed by atoms with Gasteiger partial charge in [0.1, 0.15) is 5.75 Å². The summed E-state index contributed by atoms with van der Waals surface area (Å²) in [4.78, 5) is 14.8. The molecule has 166 valence electrons. The average Bonchev–Trinajstić information content (AvgIpc) is 3.14. The maximum Gasteiger partial charge on any atom is 0.326 e. The summed E-state index contributed by atoms with van der Waals surface area (Å²) in [5, 5.41) is 2.88. The zero-order chi connectivity index (χ0) is 22.7. The van der Waals surface area contributed by atoms with Gasteiger partial charge in [-0.25, -0.2) is 17.9 Å². The number of nitrogens with zero attached hydrogens (tertiary/aromatic N) is 1. The molecule has 0 saturated carbocycles. The summed E-state index contributed by atoms with van der Waals surface area (Å²) in [5.74, 6) is 0.695. The zero-order valence-corrected chi connectivity index (χ0v) is 18.7. The third kappa shape index (κ3) is 4.61. The summed E-state index contributed by atoms with van der Waals surface area (Å²) in [6.07, 6.45) is 0.656. The molecule has 0 bridgehead atoms. The molecule has 8 heteroatoms. The number of hydrogen-bond acceptors (Lipinski definition) is 4. The molecule has 7 nitrogen and oxygen atoms in total. The van der Waals surface area contributed by atoms with Gasteiger partial charge in [-0.2, -0.15) is 0 Å². The maximum absolute atomic E-state index is 13.0. The molecule has 4 rings (SSSR count). The SMILES string of the molecule is COc1ccc(NC(=O)N2c3cc(S(=O)(=O)NCc4ccccc4)ccc3CC2C)cc1. The van der Waals surface area contributed by atoms with E-state index in [2.05, 4.69) is 10.0 Å². The number of amides is 2. The minimum absolute atomic E-state index is 0.0986. The summed E-state index contributed by atoms with van der Waals surface area (Å²) in [7, 11) is -2.16. The summed E-state index contributed by atoms with van der Waals surface area (Å²) in [6.45, 7) is 2.13. The highest BCUT2D eigenvalue weighted by atomic mass is 32.2. The Kier molecular flexibility index (Phi) is 6.16. The normalized spacial score (nSPS) is 15.3. The quantitative estimate of drug-likeness (QED) is 0.589. The Morgan fingerprint density at radius 1 is 1.06 bits per heavy atom. The van der Waals surface area contributed by atoms with Crippen molar-refractivity contribution >= 4 is 27.4 Å². The molecule has 2 N–H and O–H groups in total. The third-order valence-electron chi connectivity index (χ3n) is 5.45. The highest BCUT2D eigenvalue weighted by Gasteiger charge is 2.32. The Morgan fingerprint density at radius 3 is 2.47 bits per heavy atom. The number of carbonyl (C=O) groups excluding carboxylic acids is 1. The van der Waals surface area contributed by atoms with Gasteiger partial charge >= 0.3 is 6.03 Å². The van der Waals surface area contributed by atoms with E-state index in [-0.39, 0.29) is 23.5 Å². The molecule has 1 atom stereocenters. The molecule has 0 radical (unpaired) electrons. The van der Waals surface area contributed by atoms with E-state index in [1.807, 2.05) is 37.3 Å². The molecule has 0 saturated heterocycles. The molecule has 0 aliphatic carbocycles. The van der Waals surface area contributed by atoms with Gasteiger partial charge in [0.25, 0.3) is 0 Å². The fraction of sp³-hybridized carbons (Fsp3) is 0.208. The van der Waals surface area contributed by atoms with Gasteiger partial charge in [0.2, 0.25) is 10.0 Å². The van der Waals surface area contributed by atoms with Gasteiger partial charge in [-0.05, 0) is 60.9 Å². The van der Waals surface area contributed by atoms with Crippen LogP contribution in [0.3, 0.4) is 0 Å². The van der Waals surface area contributed by atoms with E-state index in [4.69, 9.17) is 4.74 Å². The molecule has 0 aromatic heterocycles. The summed E-state index contributed by atoms with van der Waals surface area (Å²) in [5.41, 5.74) is 3.03. The van der Waals surface area contributed by atoms with Gasteiger partial charge in [-0.15, -0.1) is 0 Å². The molecule has 1 unspecified atom stereocenters. The summed E-state index contributed by atoms with van der Waals surface area (Å²) < 4.78 is 33.5. The van der Waals surface area contributed by atoms with Crippen LogP contribution in [-0.4, -0.2) is 27.6 Å². The van der Waals surface area contributed by atoms with Crippen LogP contribution in [-0.2, 0) is 23.0 Å². The van der Waals surface area contributed by atoms with Crippen molar-refractivity contribution in [1.82, 2.24) is 4.72 Å². The van der Waals surface area contributed by atoms with Crippen LogP contribution in [0.4, 0.5) is 16.2 Å². The van der Waals surface area contributed by atoms with E-state index in [0.29, 0.717) is 23.5 Å². The lowest BCUT2D eigenvalue weighted by molar-refractivity contribution is 0.256. The van der Waals surface area contributed by atoms with E-state index < -0.39 is 10.0 Å². The number of rotatable bonds is 6. The van der Waals surface area contributed by atoms with Gasteiger partial charge in [0, 0.05) is 18.3 Å². The van der Waals surface area contributed by atoms with Crippen LogP contribution in [0.2, 0.25) is 0 Å². The Morgan fingerprint density at radius 2 is 1.78 bits per heavy atom. The van der Waals surface area contributed by atoms with Crippen molar-refractivity contribution < 1.29 is 17.9 Å². The smallest absolute Gasteiger partial charge is 0.326 e. The number of ether oxygens (including phenoxy) is 1. The van der Waals surface area contributed by atoms with Crippen LogP contribution in [0, 0.1) is 0 Å². The van der Waals surface area contributed by atoms with Crippen LogP contribution >= 0.6 is 0 Å². The Balaban J connectivity index is 1.54. The van der Waals surface area contributed by atoms with Crippen molar-refractivity contribution in [2.24, 2.45) is 0 Å². The zero-order valence-electron chi connectivity index (χ0n) is 17.9. The molecule has 32 heavy (non-hydrogen) atoms. The van der Waals surface area contributed by atoms with Crippen molar-refractivity contribution in [2.45, 2.75) is 30.8 Å². The molecule has 1 aliphatic rings. The van der Waals surface area contributed by atoms with Crippen molar-refractivity contribution in [3.05, 3.63) is 83.9 Å². The first-order valence-corrected chi connectivity index (χ1v) is 11.8. The first-order chi connectivity index (χ1) is 15.4. The maximum atomic E-state index is 13.0. The average molecular weight is 452 g/mol. The minimum Gasteiger partial charge on any atom is -0.497 e. The van der Waals surface area contributed by atoms with Gasteiger partial charge < -0.3 is 10.1 Å². The predicted octanol–water partition coefficient (Wildman–Crippen LogP) is 4.16. The van der Waals surface area contributed by atoms with E-state index >= 15 is 0 Å². The molecular formula is C24H25N3O4S. The Hall–Kier alpha value is -3.36. The fourth-order valence-corrected chi connectivity index (χ4v) is 4.82. The molecule has 1 heterocycles. The van der Waals surface area contributed by atoms with Crippen LogP contribution < -0.4 is 19.7 Å². The number of fused-ring (bicyclic) bond motifs is 1. The second-order valence-corrected chi connectivity index (χ2v) is 9.45. The molecule has 3 aromatic rings. The van der Waals surface area contributed by atoms with Crippen LogP contribution in [0.15, 0.2) is 77.7 Å². The summed E-state index contributed by atoms with van der Waals surface area (Å²) >= 11 is 0. The Bertz CT molecular complexity index is 1210. The number of urea groups is 1. The standard InChI is InChI=1S/C24H25N3O4S/c1-17-14-19-8-13-22(32(29,30)25-16-18-6-4-3-5-7-18)15-23(19)27(17)24(28)26-20-9-11-21(31-2)12-10-20/h3-13,15,17,25H,14,16H2,1-2H3,(H,26,28). The van der Waals surface area contributed by atoms with Crippen LogP contribution in [0.5, 0.6) is 5.75 Å². The lowest BCUT2D eigenvalue weighted by Gasteiger charge is -2.23. The van der Waals surface area contributed by atoms with E-state index in [1.165, 1.54) is 0 Å². The predicted molar refractivity (Wildman–Crippen MR) is 125 cm³/mol. The number of hydrogen-bond donors (Lipinski definition) is 2. The number of benzene rings is 3. The molecule has 3 aromatic carbocycles. The van der Waals surface area contributed by atoms with Crippen LogP contribution in [0.1, 0.15) is 18.1 Å². The van der Waals surface area contributed by atoms with Crippen molar-refractivity contribution in [2.75, 3.05) is 17.3 Å². The van der Waals surface area contributed by atoms with E-state index in [9.17, 15) is 13.2 Å². The van der Waals surface area contributed by atoms with Crippen LogP contribution in [0.25, 0.3) is 0 Å². The van der Waals surface area contributed by atoms with Crippen molar-refractivity contribution in [1.29, 1.82) is 0 Å². The lowest BCUT2D eigenvalue weighted by Crippen LogP contribution is -2.39. The van der Waals surface area contributed by atoms with E-state index in [0.717, 1.165) is 11.1 Å². The topological polar surface area (TPSA) is 87.7 Å². The first kappa shape index (κ1) is 21.9. The Labute approximate surface area is 188 Å². The summed E-state index contributed by atoms with van der Waals surface area (Å²) in [6, 6.07) is 20.9. The monoisotopic (exact) mass is 451 g/mol. The minimum atomic E-state index is -3.74. The molecule has 0 spiro atoms. The molecule has 2 amide bonds. The second kappa shape index (κ2) is 9.02. The number of sulfonamides is 1. The van der Waals surface area contributed by atoms with Crippen molar-refractivity contribution in [3.8, 4) is 5.75 Å². The highest BCUT2D eigenvalue weighted by Crippen LogP contribution is 2.34. The third-order valence-corrected chi connectivity index (χ3v) is 6.85. The van der Waals surface area contributed by atoms with Gasteiger partial charge in [-0.1, -0.05) is 36.4 Å². The first-order valence-electron chi connectivity index (χ1n) is 10.3.